The lowest BCUT2D eigenvalue weighted by atomic mass is 10.1. The SMILES string of the molecule is Cc1nn(CC(C)C(=O)Nc2c(C)nn(Cc3c(F)c(F)c(F)c(F)c3F)c2C)c(C)c1Cl. The first-order valence-corrected chi connectivity index (χ1v) is 10.3. The van der Waals surface area contributed by atoms with Crippen LogP contribution in [0.4, 0.5) is 27.6 Å². The summed E-state index contributed by atoms with van der Waals surface area (Å²) in [5.74, 6) is -11.1. The monoisotopic (exact) mass is 489 g/mol. The van der Waals surface area contributed by atoms with Gasteiger partial charge < -0.3 is 5.32 Å². The summed E-state index contributed by atoms with van der Waals surface area (Å²) in [6.07, 6.45) is 0. The summed E-state index contributed by atoms with van der Waals surface area (Å²) < 4.78 is 71.2. The molecule has 0 saturated carbocycles. The van der Waals surface area contributed by atoms with Gasteiger partial charge in [0, 0.05) is 0 Å². The van der Waals surface area contributed by atoms with Gasteiger partial charge in [-0.1, -0.05) is 18.5 Å². The van der Waals surface area contributed by atoms with Crippen molar-refractivity contribution < 1.29 is 26.7 Å². The van der Waals surface area contributed by atoms with E-state index in [9.17, 15) is 26.7 Å². The van der Waals surface area contributed by atoms with Gasteiger partial charge in [0.2, 0.25) is 11.7 Å². The molecule has 2 heterocycles. The van der Waals surface area contributed by atoms with Crippen LogP contribution in [-0.4, -0.2) is 25.5 Å². The van der Waals surface area contributed by atoms with Gasteiger partial charge in [0.15, 0.2) is 23.3 Å². The summed E-state index contributed by atoms with van der Waals surface area (Å²) in [4.78, 5) is 12.7. The van der Waals surface area contributed by atoms with Crippen LogP contribution in [0.15, 0.2) is 0 Å². The number of hydrogen-bond acceptors (Lipinski definition) is 3. The molecule has 0 spiro atoms. The quantitative estimate of drug-likeness (QED) is 0.301. The number of aryl methyl sites for hydroxylation is 2. The molecule has 6 nitrogen and oxygen atoms in total. The number of amides is 1. The number of benzene rings is 1. The van der Waals surface area contributed by atoms with E-state index < -0.39 is 47.1 Å². The smallest absolute Gasteiger partial charge is 0.229 e. The molecular weight excluding hydrogens is 469 g/mol. The fourth-order valence-electron chi connectivity index (χ4n) is 3.41. The molecule has 0 aliphatic carbocycles. The zero-order chi connectivity index (χ0) is 24.8. The van der Waals surface area contributed by atoms with Crippen molar-refractivity contribution in [1.29, 1.82) is 0 Å². The lowest BCUT2D eigenvalue weighted by molar-refractivity contribution is -0.119. The van der Waals surface area contributed by atoms with Gasteiger partial charge >= 0.3 is 0 Å². The molecule has 0 aliphatic heterocycles. The number of aromatic nitrogens is 4. The van der Waals surface area contributed by atoms with E-state index in [1.54, 1.807) is 32.4 Å². The first kappa shape index (κ1) is 24.7. The molecule has 33 heavy (non-hydrogen) atoms. The first-order valence-electron chi connectivity index (χ1n) is 9.89. The molecule has 1 amide bonds. The highest BCUT2D eigenvalue weighted by Gasteiger charge is 2.27. The van der Waals surface area contributed by atoms with E-state index in [4.69, 9.17) is 11.6 Å². The Morgan fingerprint density at radius 2 is 1.39 bits per heavy atom. The predicted molar refractivity (Wildman–Crippen MR) is 112 cm³/mol. The van der Waals surface area contributed by atoms with Crippen molar-refractivity contribution in [3.63, 3.8) is 0 Å². The molecule has 1 aromatic carbocycles. The molecule has 1 N–H and O–H groups in total. The lowest BCUT2D eigenvalue weighted by Crippen LogP contribution is -2.25. The number of anilines is 1. The minimum Gasteiger partial charge on any atom is -0.323 e. The summed E-state index contributed by atoms with van der Waals surface area (Å²) in [5, 5.41) is 11.6. The Kier molecular flexibility index (Phi) is 6.83. The summed E-state index contributed by atoms with van der Waals surface area (Å²) in [6, 6.07) is 0. The molecule has 12 heteroatoms. The van der Waals surface area contributed by atoms with Gasteiger partial charge in [0.25, 0.3) is 0 Å². The molecule has 1 unspecified atom stereocenters. The van der Waals surface area contributed by atoms with Crippen molar-refractivity contribution in [3.05, 3.63) is 62.4 Å². The van der Waals surface area contributed by atoms with Gasteiger partial charge in [-0.05, 0) is 27.7 Å². The third-order valence-corrected chi connectivity index (χ3v) is 5.97. The van der Waals surface area contributed by atoms with Crippen molar-refractivity contribution in [1.82, 2.24) is 19.6 Å². The maximum absolute atomic E-state index is 14.1. The first-order chi connectivity index (χ1) is 15.3. The summed E-state index contributed by atoms with van der Waals surface area (Å²) >= 11 is 6.14. The van der Waals surface area contributed by atoms with Crippen LogP contribution in [0.5, 0.6) is 0 Å². The van der Waals surface area contributed by atoms with Gasteiger partial charge in [0.1, 0.15) is 0 Å². The second kappa shape index (κ2) is 9.12. The van der Waals surface area contributed by atoms with Crippen LogP contribution in [0.25, 0.3) is 0 Å². The van der Waals surface area contributed by atoms with Crippen LogP contribution in [0.1, 0.15) is 35.3 Å². The molecular formula is C21H21ClF5N5O. The molecule has 3 aromatic rings. The van der Waals surface area contributed by atoms with E-state index in [1.165, 1.54) is 6.92 Å². The average Bonchev–Trinajstić information content (AvgIpc) is 3.17. The number of rotatable bonds is 6. The van der Waals surface area contributed by atoms with Gasteiger partial charge in [-0.2, -0.15) is 10.2 Å². The molecule has 0 saturated heterocycles. The number of carbonyl (C=O) groups excluding carboxylic acids is 1. The summed E-state index contributed by atoms with van der Waals surface area (Å²) in [6.45, 7) is 7.81. The Labute approximate surface area is 191 Å². The Morgan fingerprint density at radius 3 is 1.91 bits per heavy atom. The van der Waals surface area contributed by atoms with Gasteiger partial charge in [-0.3, -0.25) is 14.2 Å². The number of carbonyl (C=O) groups is 1. The Morgan fingerprint density at radius 1 is 0.879 bits per heavy atom. The third-order valence-electron chi connectivity index (χ3n) is 5.43. The highest BCUT2D eigenvalue weighted by Crippen LogP contribution is 2.27. The molecule has 1 atom stereocenters. The van der Waals surface area contributed by atoms with Gasteiger partial charge in [-0.25, -0.2) is 22.0 Å². The van der Waals surface area contributed by atoms with E-state index in [0.29, 0.717) is 16.4 Å². The van der Waals surface area contributed by atoms with Crippen molar-refractivity contribution in [2.24, 2.45) is 5.92 Å². The molecule has 0 bridgehead atoms. The Balaban J connectivity index is 1.83. The molecule has 0 fully saturated rings. The minimum atomic E-state index is -2.23. The van der Waals surface area contributed by atoms with Gasteiger partial charge in [0.05, 0.1) is 58.1 Å². The molecule has 2 aromatic heterocycles. The molecule has 0 aliphatic rings. The van der Waals surface area contributed by atoms with Crippen LogP contribution >= 0.6 is 11.6 Å². The van der Waals surface area contributed by atoms with E-state index in [2.05, 4.69) is 15.5 Å². The van der Waals surface area contributed by atoms with Crippen molar-refractivity contribution in [3.8, 4) is 0 Å². The number of nitrogens with one attached hydrogen (secondary N) is 1. The standard InChI is InChI=1S/C21H21ClF5N5O/c1-8(6-31-11(4)14(22)9(2)29-31)21(33)28-20-10(3)30-32(12(20)5)7-13-15(23)17(25)19(27)18(26)16(13)24/h8H,6-7H2,1-5H3,(H,28,33). The predicted octanol–water partition coefficient (Wildman–Crippen LogP) is 4.99. The van der Waals surface area contributed by atoms with Crippen LogP contribution < -0.4 is 5.32 Å². The van der Waals surface area contributed by atoms with Crippen LogP contribution in [0.2, 0.25) is 5.02 Å². The van der Waals surface area contributed by atoms with E-state index >= 15 is 0 Å². The average molecular weight is 490 g/mol. The van der Waals surface area contributed by atoms with E-state index in [-0.39, 0.29) is 23.8 Å². The topological polar surface area (TPSA) is 64.7 Å². The van der Waals surface area contributed by atoms with Crippen molar-refractivity contribution in [2.45, 2.75) is 47.7 Å². The number of hydrogen-bond donors (Lipinski definition) is 1. The summed E-state index contributed by atoms with van der Waals surface area (Å²) in [5.41, 5.74) is 1.21. The fourth-order valence-corrected chi connectivity index (χ4v) is 3.55. The van der Waals surface area contributed by atoms with Crippen LogP contribution in [0.3, 0.4) is 0 Å². The van der Waals surface area contributed by atoms with Gasteiger partial charge in [-0.15, -0.1) is 0 Å². The molecule has 3 rings (SSSR count). The summed E-state index contributed by atoms with van der Waals surface area (Å²) in [7, 11) is 0. The van der Waals surface area contributed by atoms with Crippen LogP contribution in [0, 0.1) is 62.7 Å². The second-order valence-electron chi connectivity index (χ2n) is 7.81. The zero-order valence-electron chi connectivity index (χ0n) is 18.5. The third kappa shape index (κ3) is 4.46. The fraction of sp³-hybridized carbons (Fsp3) is 0.381. The van der Waals surface area contributed by atoms with Crippen molar-refractivity contribution >= 4 is 23.2 Å². The molecule has 0 radical (unpaired) electrons. The maximum Gasteiger partial charge on any atom is 0.229 e. The number of halogens is 6. The minimum absolute atomic E-state index is 0.252. The number of nitrogens with zero attached hydrogens (tertiary/aromatic N) is 4. The van der Waals surface area contributed by atoms with E-state index in [1.807, 2.05) is 0 Å². The Bertz CT molecular complexity index is 1220. The molecule has 178 valence electrons. The maximum atomic E-state index is 14.1. The largest absolute Gasteiger partial charge is 0.323 e. The highest BCUT2D eigenvalue weighted by atomic mass is 35.5. The van der Waals surface area contributed by atoms with E-state index in [0.717, 1.165) is 10.4 Å². The Hall–Kier alpha value is -2.95. The lowest BCUT2D eigenvalue weighted by Gasteiger charge is -2.14. The highest BCUT2D eigenvalue weighted by molar-refractivity contribution is 6.31. The normalized spacial score (nSPS) is 12.3. The van der Waals surface area contributed by atoms with Crippen molar-refractivity contribution in [2.75, 3.05) is 5.32 Å². The van der Waals surface area contributed by atoms with Crippen LogP contribution in [-0.2, 0) is 17.9 Å². The zero-order valence-corrected chi connectivity index (χ0v) is 19.2. The second-order valence-corrected chi connectivity index (χ2v) is 8.19.